The van der Waals surface area contributed by atoms with Crippen LogP contribution in [-0.2, 0) is 12.0 Å². The second-order valence-electron chi connectivity index (χ2n) is 8.74. The Morgan fingerprint density at radius 2 is 1.74 bits per heavy atom. The maximum Gasteiger partial charge on any atom is 0.125 e. The van der Waals surface area contributed by atoms with E-state index in [2.05, 4.69) is 59.5 Å². The van der Waals surface area contributed by atoms with Crippen LogP contribution in [0.1, 0.15) is 50.8 Å². The van der Waals surface area contributed by atoms with Gasteiger partial charge < -0.3 is 4.57 Å². The van der Waals surface area contributed by atoms with Crippen LogP contribution in [-0.4, -0.2) is 27.5 Å². The Labute approximate surface area is 160 Å². The minimum atomic E-state index is -0.222. The van der Waals surface area contributed by atoms with E-state index in [1.807, 2.05) is 12.4 Å². The van der Waals surface area contributed by atoms with Crippen molar-refractivity contribution in [1.82, 2.24) is 14.5 Å². The Balaban J connectivity index is 1.38. The first-order valence-electron chi connectivity index (χ1n) is 9.84. The average Bonchev–Trinajstić information content (AvgIpc) is 3.05. The lowest BCUT2D eigenvalue weighted by Crippen LogP contribution is -2.34. The number of aromatic nitrogens is 2. The molecule has 0 atom stereocenters. The molecule has 0 amide bonds. The topological polar surface area (TPSA) is 21.1 Å². The number of likely N-dealkylation sites (tertiary alicyclic amines) is 1. The van der Waals surface area contributed by atoms with Crippen molar-refractivity contribution in [3.63, 3.8) is 0 Å². The highest BCUT2D eigenvalue weighted by Gasteiger charge is 2.22. The zero-order valence-electron chi connectivity index (χ0n) is 16.5. The van der Waals surface area contributed by atoms with Crippen LogP contribution in [0.25, 0.3) is 11.0 Å². The van der Waals surface area contributed by atoms with Crippen molar-refractivity contribution < 1.29 is 4.39 Å². The third kappa shape index (κ3) is 3.91. The molecule has 1 aliphatic rings. The Hall–Kier alpha value is -2.20. The number of nitrogens with zero attached hydrogens (tertiary/aromatic N) is 3. The second kappa shape index (κ2) is 7.08. The molecule has 3 aromatic rings. The summed E-state index contributed by atoms with van der Waals surface area (Å²) < 4.78 is 15.6. The molecule has 27 heavy (non-hydrogen) atoms. The Morgan fingerprint density at radius 3 is 2.41 bits per heavy atom. The average molecular weight is 365 g/mol. The monoisotopic (exact) mass is 365 g/mol. The van der Waals surface area contributed by atoms with Crippen LogP contribution in [0.2, 0.25) is 0 Å². The second-order valence-corrected chi connectivity index (χ2v) is 8.74. The molecule has 4 rings (SSSR count). The van der Waals surface area contributed by atoms with Crippen LogP contribution in [0.5, 0.6) is 0 Å². The number of halogens is 1. The van der Waals surface area contributed by atoms with Gasteiger partial charge >= 0.3 is 0 Å². The summed E-state index contributed by atoms with van der Waals surface area (Å²) in [7, 11) is 0. The first kappa shape index (κ1) is 18.2. The van der Waals surface area contributed by atoms with Gasteiger partial charge in [0.1, 0.15) is 5.82 Å². The number of fused-ring (bicyclic) bond motifs is 1. The summed E-state index contributed by atoms with van der Waals surface area (Å²) in [6.07, 6.45) is 4.07. The van der Waals surface area contributed by atoms with Crippen LogP contribution in [0.3, 0.4) is 0 Å². The Kier molecular flexibility index (Phi) is 4.77. The molecule has 0 radical (unpaired) electrons. The largest absolute Gasteiger partial charge is 0.327 e. The van der Waals surface area contributed by atoms with Gasteiger partial charge in [-0.25, -0.2) is 9.37 Å². The molecule has 1 aliphatic heterocycles. The summed E-state index contributed by atoms with van der Waals surface area (Å²) in [5.74, 6) is -0.222. The molecule has 142 valence electrons. The van der Waals surface area contributed by atoms with E-state index in [1.54, 1.807) is 0 Å². The van der Waals surface area contributed by atoms with Gasteiger partial charge in [-0.15, -0.1) is 0 Å². The van der Waals surface area contributed by atoms with Gasteiger partial charge in [0.05, 0.1) is 17.4 Å². The molecule has 4 heteroatoms. The van der Waals surface area contributed by atoms with Gasteiger partial charge in [0, 0.05) is 31.7 Å². The van der Waals surface area contributed by atoms with E-state index < -0.39 is 0 Å². The molecule has 0 saturated carbocycles. The quantitative estimate of drug-likeness (QED) is 0.627. The number of benzene rings is 2. The maximum atomic E-state index is 13.4. The minimum Gasteiger partial charge on any atom is -0.327 e. The molecule has 0 unspecified atom stereocenters. The van der Waals surface area contributed by atoms with E-state index in [0.717, 1.165) is 43.5 Å². The number of imidazole rings is 1. The van der Waals surface area contributed by atoms with E-state index in [9.17, 15) is 4.39 Å². The van der Waals surface area contributed by atoms with Gasteiger partial charge in [-0.2, -0.15) is 0 Å². The maximum absolute atomic E-state index is 13.4. The predicted octanol–water partition coefficient (Wildman–Crippen LogP) is 5.31. The Bertz CT molecular complexity index is 913. The summed E-state index contributed by atoms with van der Waals surface area (Å²) in [5, 5.41) is 0. The first-order valence-corrected chi connectivity index (χ1v) is 9.84. The van der Waals surface area contributed by atoms with Crippen LogP contribution >= 0.6 is 0 Å². The molecule has 0 N–H and O–H groups in total. The molecule has 3 nitrogen and oxygen atoms in total. The molecular weight excluding hydrogens is 337 g/mol. The van der Waals surface area contributed by atoms with Gasteiger partial charge in [0.15, 0.2) is 0 Å². The molecular formula is C23H28FN3. The molecule has 2 aromatic carbocycles. The lowest BCUT2D eigenvalue weighted by molar-refractivity contribution is 0.181. The highest BCUT2D eigenvalue weighted by atomic mass is 19.1. The summed E-state index contributed by atoms with van der Waals surface area (Å²) in [5.41, 5.74) is 4.75. The van der Waals surface area contributed by atoms with E-state index >= 15 is 0 Å². The highest BCUT2D eigenvalue weighted by Crippen LogP contribution is 2.28. The van der Waals surface area contributed by atoms with Crippen molar-refractivity contribution in [2.24, 2.45) is 0 Å². The van der Waals surface area contributed by atoms with Crippen LogP contribution < -0.4 is 0 Å². The molecule has 0 spiro atoms. The molecule has 0 bridgehead atoms. The van der Waals surface area contributed by atoms with E-state index in [4.69, 9.17) is 0 Å². The molecule has 1 aromatic heterocycles. The summed E-state index contributed by atoms with van der Waals surface area (Å²) >= 11 is 0. The highest BCUT2D eigenvalue weighted by molar-refractivity contribution is 5.75. The zero-order chi connectivity index (χ0) is 19.0. The first-order chi connectivity index (χ1) is 12.9. The number of piperidine rings is 1. The SMILES string of the molecule is CC(C)(C)c1ccc(CN2CCC(n3cnc4cc(F)ccc43)CC2)cc1. The van der Waals surface area contributed by atoms with E-state index in [1.165, 1.54) is 23.3 Å². The summed E-state index contributed by atoms with van der Waals surface area (Å²) in [6.45, 7) is 9.91. The van der Waals surface area contributed by atoms with Crippen molar-refractivity contribution in [2.75, 3.05) is 13.1 Å². The van der Waals surface area contributed by atoms with Crippen molar-refractivity contribution in [2.45, 2.75) is 51.6 Å². The predicted molar refractivity (Wildman–Crippen MR) is 108 cm³/mol. The van der Waals surface area contributed by atoms with E-state index in [0.29, 0.717) is 6.04 Å². The van der Waals surface area contributed by atoms with E-state index in [-0.39, 0.29) is 11.2 Å². The van der Waals surface area contributed by atoms with Crippen molar-refractivity contribution in [1.29, 1.82) is 0 Å². The molecule has 1 saturated heterocycles. The summed E-state index contributed by atoms with van der Waals surface area (Å²) in [6, 6.07) is 14.4. The standard InChI is InChI=1S/C23H28FN3/c1-23(2,3)18-6-4-17(5-7-18)15-26-12-10-20(11-13-26)27-16-25-21-14-19(24)8-9-22(21)27/h4-9,14,16,20H,10-13,15H2,1-3H3. The van der Waals surface area contributed by atoms with Gasteiger partial charge in [0.25, 0.3) is 0 Å². The van der Waals surface area contributed by atoms with Crippen molar-refractivity contribution >= 4 is 11.0 Å². The number of hydrogen-bond donors (Lipinski definition) is 0. The zero-order valence-corrected chi connectivity index (χ0v) is 16.5. The fourth-order valence-corrected chi connectivity index (χ4v) is 4.02. The third-order valence-corrected chi connectivity index (χ3v) is 5.71. The Morgan fingerprint density at radius 1 is 1.04 bits per heavy atom. The number of rotatable bonds is 3. The summed E-state index contributed by atoms with van der Waals surface area (Å²) in [4.78, 5) is 6.91. The number of hydrogen-bond acceptors (Lipinski definition) is 2. The lowest BCUT2D eigenvalue weighted by atomic mass is 9.86. The minimum absolute atomic E-state index is 0.202. The van der Waals surface area contributed by atoms with Crippen LogP contribution in [0.4, 0.5) is 4.39 Å². The van der Waals surface area contributed by atoms with Crippen molar-refractivity contribution in [3.05, 3.63) is 65.7 Å². The normalized spacial score (nSPS) is 16.9. The van der Waals surface area contributed by atoms with Crippen LogP contribution in [0, 0.1) is 5.82 Å². The van der Waals surface area contributed by atoms with Crippen LogP contribution in [0.15, 0.2) is 48.8 Å². The van der Waals surface area contributed by atoms with Crippen molar-refractivity contribution in [3.8, 4) is 0 Å². The fourth-order valence-electron chi connectivity index (χ4n) is 4.02. The molecule has 2 heterocycles. The lowest BCUT2D eigenvalue weighted by Gasteiger charge is -2.33. The van der Waals surface area contributed by atoms with Gasteiger partial charge in [0.2, 0.25) is 0 Å². The van der Waals surface area contributed by atoms with Gasteiger partial charge in [-0.3, -0.25) is 4.90 Å². The van der Waals surface area contributed by atoms with Gasteiger partial charge in [-0.1, -0.05) is 45.0 Å². The smallest absolute Gasteiger partial charge is 0.125 e. The third-order valence-electron chi connectivity index (χ3n) is 5.71. The molecule has 1 fully saturated rings. The fraction of sp³-hybridized carbons (Fsp3) is 0.435. The molecule has 0 aliphatic carbocycles. The van der Waals surface area contributed by atoms with Gasteiger partial charge in [-0.05, 0) is 41.5 Å².